The average molecular weight is 462 g/mol. The van der Waals surface area contributed by atoms with Gasteiger partial charge < -0.3 is 19.7 Å². The third kappa shape index (κ3) is 4.84. The van der Waals surface area contributed by atoms with Crippen molar-refractivity contribution in [1.82, 2.24) is 10.2 Å². The molecule has 0 spiro atoms. The molecule has 0 aromatic heterocycles. The monoisotopic (exact) mass is 461 g/mol. The van der Waals surface area contributed by atoms with Gasteiger partial charge in [-0.2, -0.15) is 0 Å². The number of hydrogen-bond donors (Lipinski definition) is 1. The van der Waals surface area contributed by atoms with Crippen molar-refractivity contribution in [3.05, 3.63) is 89.2 Å². The van der Waals surface area contributed by atoms with Crippen LogP contribution in [-0.2, 0) is 0 Å². The molecule has 7 heteroatoms. The lowest BCUT2D eigenvalue weighted by Gasteiger charge is -2.40. The highest BCUT2D eigenvalue weighted by atomic mass is 19.1. The van der Waals surface area contributed by atoms with E-state index in [9.17, 15) is 9.18 Å². The Morgan fingerprint density at radius 3 is 2.38 bits per heavy atom. The van der Waals surface area contributed by atoms with Crippen molar-refractivity contribution in [3.63, 3.8) is 0 Å². The van der Waals surface area contributed by atoms with Crippen molar-refractivity contribution >= 4 is 11.6 Å². The zero-order chi connectivity index (χ0) is 23.5. The lowest BCUT2D eigenvalue weighted by atomic mass is 10.0. The Hall–Kier alpha value is -3.58. The Kier molecular flexibility index (Phi) is 6.36. The topological polar surface area (TPSA) is 54.0 Å². The summed E-state index contributed by atoms with van der Waals surface area (Å²) in [4.78, 5) is 17.5. The molecule has 2 aliphatic heterocycles. The molecule has 5 rings (SSSR count). The van der Waals surface area contributed by atoms with Crippen LogP contribution in [0.15, 0.2) is 66.7 Å². The molecule has 1 N–H and O–H groups in total. The summed E-state index contributed by atoms with van der Waals surface area (Å²) in [7, 11) is 0. The van der Waals surface area contributed by atoms with E-state index in [0.29, 0.717) is 12.1 Å². The Bertz CT molecular complexity index is 1140. The minimum atomic E-state index is -0.227. The molecule has 3 aromatic rings. The van der Waals surface area contributed by atoms with Gasteiger partial charge >= 0.3 is 0 Å². The van der Waals surface area contributed by atoms with Crippen LogP contribution >= 0.6 is 0 Å². The maximum atomic E-state index is 13.3. The van der Waals surface area contributed by atoms with Crippen molar-refractivity contribution in [2.45, 2.75) is 13.0 Å². The Labute approximate surface area is 198 Å². The van der Waals surface area contributed by atoms with Crippen LogP contribution in [0.4, 0.5) is 10.1 Å². The van der Waals surface area contributed by atoms with E-state index in [-0.39, 0.29) is 24.6 Å². The average Bonchev–Trinajstić information content (AvgIpc) is 3.33. The first-order valence-electron chi connectivity index (χ1n) is 11.6. The number of benzene rings is 3. The van der Waals surface area contributed by atoms with Crippen molar-refractivity contribution in [3.8, 4) is 11.5 Å². The van der Waals surface area contributed by atoms with Crippen molar-refractivity contribution in [2.24, 2.45) is 0 Å². The van der Waals surface area contributed by atoms with E-state index in [1.165, 1.54) is 12.1 Å². The summed E-state index contributed by atoms with van der Waals surface area (Å²) < 4.78 is 24.4. The number of nitrogens with zero attached hydrogens (tertiary/aromatic N) is 2. The van der Waals surface area contributed by atoms with Gasteiger partial charge in [0, 0.05) is 44.0 Å². The molecule has 6 nitrogen and oxygen atoms in total. The molecule has 2 aliphatic rings. The summed E-state index contributed by atoms with van der Waals surface area (Å²) >= 11 is 0. The predicted octanol–water partition coefficient (Wildman–Crippen LogP) is 4.16. The van der Waals surface area contributed by atoms with Gasteiger partial charge in [0.15, 0.2) is 11.5 Å². The lowest BCUT2D eigenvalue weighted by molar-refractivity contribution is 0.0930. The van der Waals surface area contributed by atoms with E-state index in [0.717, 1.165) is 54.5 Å². The van der Waals surface area contributed by atoms with Gasteiger partial charge in [0.2, 0.25) is 6.79 Å². The maximum Gasteiger partial charge on any atom is 0.251 e. The van der Waals surface area contributed by atoms with Gasteiger partial charge in [-0.05, 0) is 61.0 Å². The predicted molar refractivity (Wildman–Crippen MR) is 129 cm³/mol. The van der Waals surface area contributed by atoms with E-state index in [1.807, 2.05) is 61.5 Å². The van der Waals surface area contributed by atoms with Gasteiger partial charge in [0.05, 0.1) is 6.04 Å². The molecule has 1 atom stereocenters. The third-order valence-corrected chi connectivity index (χ3v) is 6.50. The zero-order valence-electron chi connectivity index (χ0n) is 19.2. The number of nitrogens with one attached hydrogen (secondary N) is 1. The molecule has 3 aromatic carbocycles. The summed E-state index contributed by atoms with van der Waals surface area (Å²) in [5, 5.41) is 3.12. The largest absolute Gasteiger partial charge is 0.454 e. The number of hydrogen-bond acceptors (Lipinski definition) is 5. The SMILES string of the molecule is Cc1ccc(C(=O)NCC(c2ccc3c(c2)OCO3)N2CCN(c3ccc(F)cc3)CC2)cc1. The first-order chi connectivity index (χ1) is 16.6. The Morgan fingerprint density at radius 1 is 0.941 bits per heavy atom. The van der Waals surface area contributed by atoms with Crippen molar-refractivity contribution in [2.75, 3.05) is 44.4 Å². The number of halogens is 1. The number of aryl methyl sites for hydroxylation is 1. The number of piperazine rings is 1. The van der Waals surface area contributed by atoms with Crippen LogP contribution in [0.2, 0.25) is 0 Å². The van der Waals surface area contributed by atoms with Crippen molar-refractivity contribution in [1.29, 1.82) is 0 Å². The molecule has 0 saturated carbocycles. The van der Waals surface area contributed by atoms with Crippen LogP contribution in [0.1, 0.15) is 27.5 Å². The third-order valence-electron chi connectivity index (χ3n) is 6.50. The van der Waals surface area contributed by atoms with E-state index >= 15 is 0 Å². The smallest absolute Gasteiger partial charge is 0.251 e. The molecule has 0 radical (unpaired) electrons. The maximum absolute atomic E-state index is 13.3. The minimum Gasteiger partial charge on any atom is -0.454 e. The molecule has 0 aliphatic carbocycles. The fourth-order valence-corrected chi connectivity index (χ4v) is 4.52. The van der Waals surface area contributed by atoms with E-state index in [4.69, 9.17) is 9.47 Å². The summed E-state index contributed by atoms with van der Waals surface area (Å²) in [6.07, 6.45) is 0. The quantitative estimate of drug-likeness (QED) is 0.598. The van der Waals surface area contributed by atoms with E-state index < -0.39 is 0 Å². The molecular weight excluding hydrogens is 433 g/mol. The fraction of sp³-hybridized carbons (Fsp3) is 0.296. The number of rotatable bonds is 6. The molecule has 1 fully saturated rings. The molecular formula is C27H28FN3O3. The summed E-state index contributed by atoms with van der Waals surface area (Å²) in [5.74, 6) is 1.16. The van der Waals surface area contributed by atoms with Crippen LogP contribution in [-0.4, -0.2) is 50.3 Å². The van der Waals surface area contributed by atoms with E-state index in [2.05, 4.69) is 15.1 Å². The molecule has 0 bridgehead atoms. The van der Waals surface area contributed by atoms with Crippen LogP contribution < -0.4 is 19.7 Å². The number of carbonyl (C=O) groups is 1. The summed E-state index contributed by atoms with van der Waals surface area (Å²) in [5.41, 5.74) is 3.86. The van der Waals surface area contributed by atoms with Gasteiger partial charge in [-0.1, -0.05) is 23.8 Å². The standard InChI is InChI=1S/C27H28FN3O3/c1-19-2-4-20(5-3-19)27(32)29-17-24(21-6-11-25-26(16-21)34-18-33-25)31-14-12-30(13-15-31)23-9-7-22(28)8-10-23/h2-11,16,24H,12-15,17-18H2,1H3,(H,29,32). The van der Waals surface area contributed by atoms with Gasteiger partial charge in [-0.25, -0.2) is 4.39 Å². The highest BCUT2D eigenvalue weighted by Gasteiger charge is 2.27. The zero-order valence-corrected chi connectivity index (χ0v) is 19.2. The van der Waals surface area contributed by atoms with Gasteiger partial charge in [-0.15, -0.1) is 0 Å². The van der Waals surface area contributed by atoms with Crippen LogP contribution in [0.25, 0.3) is 0 Å². The molecule has 1 amide bonds. The normalized spacial score (nSPS) is 16.4. The first-order valence-corrected chi connectivity index (χ1v) is 11.6. The van der Waals surface area contributed by atoms with Gasteiger partial charge in [0.1, 0.15) is 5.82 Å². The van der Waals surface area contributed by atoms with Gasteiger partial charge in [-0.3, -0.25) is 9.69 Å². The van der Waals surface area contributed by atoms with Crippen LogP contribution in [0, 0.1) is 12.7 Å². The Morgan fingerprint density at radius 2 is 1.65 bits per heavy atom. The highest BCUT2D eigenvalue weighted by Crippen LogP contribution is 2.35. The van der Waals surface area contributed by atoms with Crippen LogP contribution in [0.3, 0.4) is 0 Å². The second-order valence-electron chi connectivity index (χ2n) is 8.70. The number of ether oxygens (including phenoxy) is 2. The highest BCUT2D eigenvalue weighted by molar-refractivity contribution is 5.94. The molecule has 176 valence electrons. The first kappa shape index (κ1) is 22.2. The number of anilines is 1. The fourth-order valence-electron chi connectivity index (χ4n) is 4.52. The second kappa shape index (κ2) is 9.73. The van der Waals surface area contributed by atoms with E-state index in [1.54, 1.807) is 0 Å². The summed E-state index contributed by atoms with van der Waals surface area (Å²) in [6, 6.07) is 20.2. The number of carbonyl (C=O) groups excluding carboxylic acids is 1. The second-order valence-corrected chi connectivity index (χ2v) is 8.70. The minimum absolute atomic E-state index is 0.0146. The molecule has 1 saturated heterocycles. The number of fused-ring (bicyclic) bond motifs is 1. The summed E-state index contributed by atoms with van der Waals surface area (Å²) in [6.45, 7) is 5.97. The van der Waals surface area contributed by atoms with Gasteiger partial charge in [0.25, 0.3) is 5.91 Å². The molecule has 1 unspecified atom stereocenters. The lowest BCUT2D eigenvalue weighted by Crippen LogP contribution is -2.50. The van der Waals surface area contributed by atoms with Crippen LogP contribution in [0.5, 0.6) is 11.5 Å². The Balaban J connectivity index is 1.31. The molecule has 34 heavy (non-hydrogen) atoms. The number of amides is 1. The molecule has 2 heterocycles. The van der Waals surface area contributed by atoms with Crippen molar-refractivity contribution < 1.29 is 18.7 Å².